The predicted molar refractivity (Wildman–Crippen MR) is 60.0 cm³/mol. The second-order valence-electron chi connectivity index (χ2n) is 5.78. The SMILES string of the molecule is CCC1CC(C)(C)N(OC)C(C)(C)C1. The van der Waals surface area contributed by atoms with E-state index in [4.69, 9.17) is 4.84 Å². The summed E-state index contributed by atoms with van der Waals surface area (Å²) in [5.41, 5.74) is 0.328. The van der Waals surface area contributed by atoms with Crippen LogP contribution < -0.4 is 0 Å². The van der Waals surface area contributed by atoms with Crippen LogP contribution in [0.3, 0.4) is 0 Å². The van der Waals surface area contributed by atoms with Crippen molar-refractivity contribution in [3.8, 4) is 0 Å². The highest BCUT2D eigenvalue weighted by Crippen LogP contribution is 2.42. The topological polar surface area (TPSA) is 12.5 Å². The van der Waals surface area contributed by atoms with Gasteiger partial charge in [-0.2, -0.15) is 5.06 Å². The van der Waals surface area contributed by atoms with E-state index in [2.05, 4.69) is 39.7 Å². The van der Waals surface area contributed by atoms with Crippen molar-refractivity contribution in [2.75, 3.05) is 7.11 Å². The Morgan fingerprint density at radius 2 is 1.57 bits per heavy atom. The number of rotatable bonds is 2. The van der Waals surface area contributed by atoms with Gasteiger partial charge in [-0.3, -0.25) is 0 Å². The number of hydroxylamine groups is 2. The molecule has 2 heteroatoms. The van der Waals surface area contributed by atoms with Crippen molar-refractivity contribution in [1.29, 1.82) is 0 Å². The lowest BCUT2D eigenvalue weighted by atomic mass is 9.74. The van der Waals surface area contributed by atoms with Gasteiger partial charge >= 0.3 is 0 Å². The number of hydrogen-bond acceptors (Lipinski definition) is 2. The lowest BCUT2D eigenvalue weighted by Gasteiger charge is -2.53. The molecule has 0 spiro atoms. The van der Waals surface area contributed by atoms with Gasteiger partial charge in [-0.1, -0.05) is 13.3 Å². The Kier molecular flexibility index (Phi) is 3.27. The molecule has 0 aromatic rings. The van der Waals surface area contributed by atoms with Gasteiger partial charge in [0.15, 0.2) is 0 Å². The smallest absolute Gasteiger partial charge is 0.0575 e. The van der Waals surface area contributed by atoms with Gasteiger partial charge in [-0.15, -0.1) is 0 Å². The molecule has 0 radical (unpaired) electrons. The molecule has 0 atom stereocenters. The minimum Gasteiger partial charge on any atom is -0.301 e. The Bertz CT molecular complexity index is 180. The van der Waals surface area contributed by atoms with Crippen LogP contribution in [0.1, 0.15) is 53.9 Å². The van der Waals surface area contributed by atoms with Gasteiger partial charge in [0, 0.05) is 11.1 Å². The molecular formula is C12H25NO. The molecule has 1 heterocycles. The van der Waals surface area contributed by atoms with Gasteiger partial charge in [-0.05, 0) is 46.5 Å². The summed E-state index contributed by atoms with van der Waals surface area (Å²) >= 11 is 0. The molecule has 0 bridgehead atoms. The Morgan fingerprint density at radius 3 is 1.86 bits per heavy atom. The van der Waals surface area contributed by atoms with Crippen LogP contribution in [0.15, 0.2) is 0 Å². The first kappa shape index (κ1) is 12.0. The van der Waals surface area contributed by atoms with Crippen LogP contribution in [0.4, 0.5) is 0 Å². The summed E-state index contributed by atoms with van der Waals surface area (Å²) in [5, 5.41) is 2.17. The summed E-state index contributed by atoms with van der Waals surface area (Å²) in [6.07, 6.45) is 3.76. The van der Waals surface area contributed by atoms with E-state index in [0.29, 0.717) is 0 Å². The van der Waals surface area contributed by atoms with Gasteiger partial charge in [0.25, 0.3) is 0 Å². The molecule has 0 aromatic carbocycles. The molecule has 0 saturated carbocycles. The standard InChI is InChI=1S/C12H25NO/c1-7-10-8-11(2,3)13(14-6)12(4,5)9-10/h10H,7-9H2,1-6H3. The first-order chi connectivity index (χ1) is 6.33. The zero-order valence-electron chi connectivity index (χ0n) is 10.6. The van der Waals surface area contributed by atoms with Crippen molar-refractivity contribution in [3.05, 3.63) is 0 Å². The van der Waals surface area contributed by atoms with Gasteiger partial charge in [0.1, 0.15) is 0 Å². The molecular weight excluding hydrogens is 174 g/mol. The highest BCUT2D eigenvalue weighted by atomic mass is 16.7. The zero-order chi connectivity index (χ0) is 11.0. The molecule has 0 N–H and O–H groups in total. The van der Waals surface area contributed by atoms with Gasteiger partial charge < -0.3 is 4.84 Å². The normalized spacial score (nSPS) is 27.9. The fourth-order valence-electron chi connectivity index (χ4n) is 3.25. The molecule has 1 aliphatic heterocycles. The average molecular weight is 199 g/mol. The molecule has 84 valence electrons. The maximum absolute atomic E-state index is 5.55. The Labute approximate surface area is 88.6 Å². The Balaban J connectivity index is 2.87. The molecule has 0 aliphatic carbocycles. The van der Waals surface area contributed by atoms with Crippen molar-refractivity contribution < 1.29 is 4.84 Å². The molecule has 1 saturated heterocycles. The van der Waals surface area contributed by atoms with Gasteiger partial charge in [0.05, 0.1) is 7.11 Å². The molecule has 2 nitrogen and oxygen atoms in total. The van der Waals surface area contributed by atoms with Crippen LogP contribution >= 0.6 is 0 Å². The fourth-order valence-corrected chi connectivity index (χ4v) is 3.25. The second kappa shape index (κ2) is 3.82. The minimum absolute atomic E-state index is 0.164. The number of piperidine rings is 1. The van der Waals surface area contributed by atoms with E-state index in [0.717, 1.165) is 5.92 Å². The highest BCUT2D eigenvalue weighted by molar-refractivity contribution is 4.95. The van der Waals surface area contributed by atoms with Crippen LogP contribution in [0.25, 0.3) is 0 Å². The maximum atomic E-state index is 5.55. The molecule has 14 heavy (non-hydrogen) atoms. The number of hydrogen-bond donors (Lipinski definition) is 0. The van der Waals surface area contributed by atoms with Crippen molar-refractivity contribution in [2.45, 2.75) is 65.0 Å². The monoisotopic (exact) mass is 199 g/mol. The summed E-state index contributed by atoms with van der Waals surface area (Å²) < 4.78 is 0. The molecule has 1 aliphatic rings. The Morgan fingerprint density at radius 1 is 1.14 bits per heavy atom. The van der Waals surface area contributed by atoms with Crippen molar-refractivity contribution in [2.24, 2.45) is 5.92 Å². The average Bonchev–Trinajstić information content (AvgIpc) is 2.00. The first-order valence-corrected chi connectivity index (χ1v) is 5.68. The van der Waals surface area contributed by atoms with Gasteiger partial charge in [-0.25, -0.2) is 0 Å². The maximum Gasteiger partial charge on any atom is 0.0575 e. The fraction of sp³-hybridized carbons (Fsp3) is 1.00. The molecule has 0 amide bonds. The quantitative estimate of drug-likeness (QED) is 0.677. The van der Waals surface area contributed by atoms with E-state index in [-0.39, 0.29) is 11.1 Å². The molecule has 0 unspecified atom stereocenters. The van der Waals surface area contributed by atoms with Crippen molar-refractivity contribution >= 4 is 0 Å². The van der Waals surface area contributed by atoms with Crippen molar-refractivity contribution in [3.63, 3.8) is 0 Å². The second-order valence-corrected chi connectivity index (χ2v) is 5.78. The van der Waals surface area contributed by atoms with E-state index in [1.54, 1.807) is 7.11 Å². The third-order valence-corrected chi connectivity index (χ3v) is 3.44. The summed E-state index contributed by atoms with van der Waals surface area (Å²) in [6.45, 7) is 11.4. The van der Waals surface area contributed by atoms with E-state index in [1.807, 2.05) is 0 Å². The highest BCUT2D eigenvalue weighted by Gasteiger charge is 2.45. The summed E-state index contributed by atoms with van der Waals surface area (Å²) in [4.78, 5) is 5.55. The van der Waals surface area contributed by atoms with E-state index < -0.39 is 0 Å². The van der Waals surface area contributed by atoms with Crippen LogP contribution in [-0.2, 0) is 4.84 Å². The minimum atomic E-state index is 0.164. The van der Waals surface area contributed by atoms with Crippen LogP contribution in [0, 0.1) is 5.92 Å². The predicted octanol–water partition coefficient (Wildman–Crippen LogP) is 3.23. The molecule has 1 rings (SSSR count). The lowest BCUT2D eigenvalue weighted by molar-refractivity contribution is -0.271. The third kappa shape index (κ3) is 2.12. The number of nitrogens with zero attached hydrogens (tertiary/aromatic N) is 1. The van der Waals surface area contributed by atoms with Gasteiger partial charge in [0.2, 0.25) is 0 Å². The third-order valence-electron chi connectivity index (χ3n) is 3.44. The van der Waals surface area contributed by atoms with Crippen LogP contribution in [0.2, 0.25) is 0 Å². The summed E-state index contributed by atoms with van der Waals surface area (Å²) in [5.74, 6) is 0.839. The summed E-state index contributed by atoms with van der Waals surface area (Å²) in [7, 11) is 1.79. The van der Waals surface area contributed by atoms with Crippen LogP contribution in [-0.4, -0.2) is 23.3 Å². The zero-order valence-corrected chi connectivity index (χ0v) is 10.6. The Hall–Kier alpha value is -0.0800. The molecule has 1 fully saturated rings. The largest absolute Gasteiger partial charge is 0.301 e. The first-order valence-electron chi connectivity index (χ1n) is 5.68. The van der Waals surface area contributed by atoms with E-state index in [1.165, 1.54) is 19.3 Å². The lowest BCUT2D eigenvalue weighted by Crippen LogP contribution is -2.59. The van der Waals surface area contributed by atoms with E-state index >= 15 is 0 Å². The van der Waals surface area contributed by atoms with E-state index in [9.17, 15) is 0 Å². The van der Waals surface area contributed by atoms with Crippen molar-refractivity contribution in [1.82, 2.24) is 5.06 Å². The van der Waals surface area contributed by atoms with Crippen LogP contribution in [0.5, 0.6) is 0 Å². The summed E-state index contributed by atoms with van der Waals surface area (Å²) in [6, 6.07) is 0. The molecule has 0 aromatic heterocycles.